The van der Waals surface area contributed by atoms with Crippen molar-refractivity contribution < 1.29 is 9.90 Å². The van der Waals surface area contributed by atoms with E-state index in [4.69, 9.17) is 0 Å². The molecule has 22 heavy (non-hydrogen) atoms. The van der Waals surface area contributed by atoms with Gasteiger partial charge in [-0.3, -0.25) is 0 Å². The summed E-state index contributed by atoms with van der Waals surface area (Å²) in [6.07, 6.45) is 0.701. The molecule has 118 valence electrons. The molecular formula is C16H21N3O2S. The van der Waals surface area contributed by atoms with Gasteiger partial charge in [0.15, 0.2) is 0 Å². The molecule has 6 heteroatoms. The number of carbonyl (C=O) groups is 1. The van der Waals surface area contributed by atoms with Gasteiger partial charge in [-0.1, -0.05) is 30.3 Å². The normalized spacial score (nSPS) is 13.4. The van der Waals surface area contributed by atoms with Crippen LogP contribution in [0.4, 0.5) is 4.79 Å². The van der Waals surface area contributed by atoms with Gasteiger partial charge in [-0.15, -0.1) is 11.3 Å². The van der Waals surface area contributed by atoms with Crippen molar-refractivity contribution in [2.24, 2.45) is 0 Å². The molecule has 5 nitrogen and oxygen atoms in total. The highest BCUT2D eigenvalue weighted by molar-refractivity contribution is 7.09. The average Bonchev–Trinajstić information content (AvgIpc) is 2.92. The van der Waals surface area contributed by atoms with E-state index < -0.39 is 5.60 Å². The van der Waals surface area contributed by atoms with Crippen molar-refractivity contribution in [3.63, 3.8) is 0 Å². The number of nitrogens with zero attached hydrogens (tertiary/aromatic N) is 1. The molecular weight excluding hydrogens is 298 g/mol. The largest absolute Gasteiger partial charge is 0.384 e. The van der Waals surface area contributed by atoms with E-state index in [1.807, 2.05) is 42.6 Å². The van der Waals surface area contributed by atoms with Gasteiger partial charge in [0, 0.05) is 18.3 Å². The molecule has 2 aromatic rings. The van der Waals surface area contributed by atoms with E-state index in [1.165, 1.54) is 0 Å². The summed E-state index contributed by atoms with van der Waals surface area (Å²) >= 11 is 1.60. The molecule has 0 radical (unpaired) electrons. The number of urea groups is 1. The Morgan fingerprint density at radius 2 is 2.05 bits per heavy atom. The molecule has 0 aliphatic carbocycles. The molecule has 0 aliphatic rings. The number of thiazole rings is 1. The molecule has 0 saturated carbocycles. The van der Waals surface area contributed by atoms with Crippen LogP contribution in [-0.4, -0.2) is 29.2 Å². The van der Waals surface area contributed by atoms with Gasteiger partial charge < -0.3 is 15.7 Å². The van der Waals surface area contributed by atoms with Crippen molar-refractivity contribution in [1.82, 2.24) is 15.6 Å². The zero-order valence-electron chi connectivity index (χ0n) is 12.8. The van der Waals surface area contributed by atoms with Crippen LogP contribution in [0.1, 0.15) is 23.2 Å². The van der Waals surface area contributed by atoms with E-state index in [2.05, 4.69) is 15.6 Å². The average molecular weight is 319 g/mol. The van der Waals surface area contributed by atoms with E-state index in [-0.39, 0.29) is 12.6 Å². The van der Waals surface area contributed by atoms with E-state index >= 15 is 0 Å². The number of rotatable bonds is 6. The maximum Gasteiger partial charge on any atom is 0.314 e. The Kier molecular flexibility index (Phi) is 5.51. The standard InChI is InChI=1S/C16H21N3O2S/c1-12-19-14(10-22-12)8-9-17-15(20)18-11-16(2,21)13-6-4-3-5-7-13/h3-7,10,21H,8-9,11H2,1-2H3,(H2,17,18,20). The summed E-state index contributed by atoms with van der Waals surface area (Å²) in [7, 11) is 0. The number of hydrogen-bond donors (Lipinski definition) is 3. The summed E-state index contributed by atoms with van der Waals surface area (Å²) in [5.74, 6) is 0. The van der Waals surface area contributed by atoms with Gasteiger partial charge in [-0.2, -0.15) is 0 Å². The fourth-order valence-corrected chi connectivity index (χ4v) is 2.69. The summed E-state index contributed by atoms with van der Waals surface area (Å²) in [6, 6.07) is 9.00. The lowest BCUT2D eigenvalue weighted by Gasteiger charge is -2.24. The first-order chi connectivity index (χ1) is 10.5. The van der Waals surface area contributed by atoms with Crippen LogP contribution in [0.5, 0.6) is 0 Å². The SMILES string of the molecule is Cc1nc(CCNC(=O)NCC(C)(O)c2ccccc2)cs1. The first-order valence-electron chi connectivity index (χ1n) is 7.18. The van der Waals surface area contributed by atoms with Crippen LogP contribution in [0.2, 0.25) is 0 Å². The van der Waals surface area contributed by atoms with Gasteiger partial charge in [0.05, 0.1) is 17.2 Å². The van der Waals surface area contributed by atoms with Gasteiger partial charge in [0.2, 0.25) is 0 Å². The molecule has 1 aromatic heterocycles. The lowest BCUT2D eigenvalue weighted by atomic mass is 9.96. The number of hydrogen-bond acceptors (Lipinski definition) is 4. The predicted molar refractivity (Wildman–Crippen MR) is 88.0 cm³/mol. The number of aryl methyl sites for hydroxylation is 1. The van der Waals surface area contributed by atoms with Crippen LogP contribution in [0, 0.1) is 6.92 Å². The topological polar surface area (TPSA) is 74.2 Å². The Balaban J connectivity index is 1.73. The van der Waals surface area contributed by atoms with Crippen molar-refractivity contribution >= 4 is 17.4 Å². The third-order valence-corrected chi connectivity index (χ3v) is 4.14. The van der Waals surface area contributed by atoms with Crippen LogP contribution >= 0.6 is 11.3 Å². The van der Waals surface area contributed by atoms with E-state index in [0.717, 1.165) is 16.3 Å². The third-order valence-electron chi connectivity index (χ3n) is 3.32. The first-order valence-corrected chi connectivity index (χ1v) is 8.06. The molecule has 2 rings (SSSR count). The quantitative estimate of drug-likeness (QED) is 0.764. The minimum atomic E-state index is -1.09. The Bertz CT molecular complexity index is 611. The molecule has 0 aliphatic heterocycles. The second kappa shape index (κ2) is 7.38. The lowest BCUT2D eigenvalue weighted by Crippen LogP contribution is -2.43. The van der Waals surface area contributed by atoms with Crippen LogP contribution in [0.15, 0.2) is 35.7 Å². The van der Waals surface area contributed by atoms with E-state index in [1.54, 1.807) is 18.3 Å². The van der Waals surface area contributed by atoms with E-state index in [0.29, 0.717) is 13.0 Å². The molecule has 1 heterocycles. The van der Waals surface area contributed by atoms with Gasteiger partial charge in [0.1, 0.15) is 5.60 Å². The molecule has 0 fully saturated rings. The molecule has 0 bridgehead atoms. The van der Waals surface area contributed by atoms with Crippen molar-refractivity contribution in [3.8, 4) is 0 Å². The summed E-state index contributed by atoms with van der Waals surface area (Å²) in [4.78, 5) is 16.1. The number of benzene rings is 1. The summed E-state index contributed by atoms with van der Waals surface area (Å²) < 4.78 is 0. The smallest absolute Gasteiger partial charge is 0.314 e. The number of aliphatic hydroxyl groups is 1. The van der Waals surface area contributed by atoms with Crippen molar-refractivity contribution in [2.45, 2.75) is 25.9 Å². The second-order valence-electron chi connectivity index (χ2n) is 5.36. The molecule has 0 spiro atoms. The van der Waals surface area contributed by atoms with Crippen molar-refractivity contribution in [3.05, 3.63) is 52.0 Å². The maximum absolute atomic E-state index is 11.8. The zero-order chi connectivity index (χ0) is 16.0. The van der Waals surface area contributed by atoms with Crippen LogP contribution < -0.4 is 10.6 Å². The molecule has 0 saturated heterocycles. The predicted octanol–water partition coefficient (Wildman–Crippen LogP) is 2.20. The van der Waals surface area contributed by atoms with Gasteiger partial charge in [-0.05, 0) is 19.4 Å². The second-order valence-corrected chi connectivity index (χ2v) is 6.42. The van der Waals surface area contributed by atoms with E-state index in [9.17, 15) is 9.90 Å². The molecule has 2 amide bonds. The molecule has 1 atom stereocenters. The fourth-order valence-electron chi connectivity index (χ4n) is 2.04. The Hall–Kier alpha value is -1.92. The van der Waals surface area contributed by atoms with Crippen molar-refractivity contribution in [2.75, 3.05) is 13.1 Å². The summed E-state index contributed by atoms with van der Waals surface area (Å²) in [5.41, 5.74) is 0.664. The molecule has 1 aromatic carbocycles. The maximum atomic E-state index is 11.8. The number of amides is 2. The van der Waals surface area contributed by atoms with Crippen molar-refractivity contribution in [1.29, 1.82) is 0 Å². The monoisotopic (exact) mass is 319 g/mol. The molecule has 3 N–H and O–H groups in total. The van der Waals surface area contributed by atoms with Gasteiger partial charge >= 0.3 is 6.03 Å². The summed E-state index contributed by atoms with van der Waals surface area (Å²) in [6.45, 7) is 4.31. The highest BCUT2D eigenvalue weighted by Crippen LogP contribution is 2.18. The molecule has 1 unspecified atom stereocenters. The highest BCUT2D eigenvalue weighted by Gasteiger charge is 2.23. The minimum absolute atomic E-state index is 0.151. The Morgan fingerprint density at radius 3 is 2.68 bits per heavy atom. The number of aromatic nitrogens is 1. The van der Waals surface area contributed by atoms with Gasteiger partial charge in [0.25, 0.3) is 0 Å². The highest BCUT2D eigenvalue weighted by atomic mass is 32.1. The number of nitrogens with one attached hydrogen (secondary N) is 2. The van der Waals surface area contributed by atoms with Crippen LogP contribution in [0.25, 0.3) is 0 Å². The summed E-state index contributed by atoms with van der Waals surface area (Å²) in [5, 5.41) is 18.9. The Morgan fingerprint density at radius 1 is 1.32 bits per heavy atom. The minimum Gasteiger partial charge on any atom is -0.384 e. The number of carbonyl (C=O) groups excluding carboxylic acids is 1. The zero-order valence-corrected chi connectivity index (χ0v) is 13.6. The van der Waals surface area contributed by atoms with Crippen LogP contribution in [0.3, 0.4) is 0 Å². The van der Waals surface area contributed by atoms with Crippen LogP contribution in [-0.2, 0) is 12.0 Å². The third kappa shape index (κ3) is 4.82. The van der Waals surface area contributed by atoms with Gasteiger partial charge in [-0.25, -0.2) is 9.78 Å². The fraction of sp³-hybridized carbons (Fsp3) is 0.375. The lowest BCUT2D eigenvalue weighted by molar-refractivity contribution is 0.0594. The first kappa shape index (κ1) is 16.5. The Labute approximate surface area is 134 Å².